The molecule has 0 fully saturated rings. The summed E-state index contributed by atoms with van der Waals surface area (Å²) in [6.07, 6.45) is 0. The van der Waals surface area contributed by atoms with E-state index in [2.05, 4.69) is 48.7 Å². The fraction of sp³-hybridized carbons (Fsp3) is 0.118. The van der Waals surface area contributed by atoms with Gasteiger partial charge in [-0.1, -0.05) is 42.5 Å². The molecule has 2 heteroatoms. The van der Waals surface area contributed by atoms with Gasteiger partial charge in [-0.2, -0.15) is 0 Å². The quantitative estimate of drug-likeness (QED) is 0.543. The van der Waals surface area contributed by atoms with E-state index in [1.807, 2.05) is 16.7 Å². The maximum Gasteiger partial charge on any atom is 0.0388 e. The molecule has 92 valence electrons. The topological polar surface area (TPSA) is 0 Å². The van der Waals surface area contributed by atoms with Gasteiger partial charge in [0, 0.05) is 21.6 Å². The maximum absolute atomic E-state index is 5.34. The lowest BCUT2D eigenvalue weighted by molar-refractivity contribution is 1.10. The van der Waals surface area contributed by atoms with Gasteiger partial charge in [0.05, 0.1) is 0 Å². The minimum absolute atomic E-state index is 0.247. The van der Waals surface area contributed by atoms with Crippen LogP contribution in [0.4, 0.5) is 0 Å². The fourth-order valence-electron chi connectivity index (χ4n) is 3.20. The van der Waals surface area contributed by atoms with Gasteiger partial charge in [0.1, 0.15) is 0 Å². The van der Waals surface area contributed by atoms with Crippen LogP contribution in [-0.4, -0.2) is 5.37 Å². The van der Waals surface area contributed by atoms with E-state index >= 15 is 0 Å². The van der Waals surface area contributed by atoms with Crippen LogP contribution in [0.5, 0.6) is 0 Å². The van der Waals surface area contributed by atoms with Gasteiger partial charge >= 0.3 is 0 Å². The van der Waals surface area contributed by atoms with Gasteiger partial charge in [0.15, 0.2) is 0 Å². The summed E-state index contributed by atoms with van der Waals surface area (Å²) >= 11 is 7.16. The van der Waals surface area contributed by atoms with Gasteiger partial charge in [-0.15, -0.1) is 11.3 Å². The van der Waals surface area contributed by atoms with Crippen LogP contribution >= 0.6 is 23.6 Å². The Hall–Kier alpha value is -1.51. The highest BCUT2D eigenvalue weighted by Gasteiger charge is 2.27. The van der Waals surface area contributed by atoms with Crippen molar-refractivity contribution >= 4 is 39.0 Å². The molecular formula is C17H12S2. The van der Waals surface area contributed by atoms with Crippen molar-refractivity contribution in [3.8, 4) is 11.1 Å². The Kier molecular flexibility index (Phi) is 2.38. The van der Waals surface area contributed by atoms with E-state index in [0.29, 0.717) is 0 Å². The third-order valence-corrected chi connectivity index (χ3v) is 5.25. The van der Waals surface area contributed by atoms with Crippen molar-refractivity contribution in [3.63, 3.8) is 0 Å². The monoisotopic (exact) mass is 280 g/mol. The summed E-state index contributed by atoms with van der Waals surface area (Å²) < 4.78 is 1.36. The van der Waals surface area contributed by atoms with Crippen LogP contribution in [0.3, 0.4) is 0 Å². The Morgan fingerprint density at radius 1 is 1.11 bits per heavy atom. The minimum Gasteiger partial charge on any atom is -0.143 e. The molecule has 19 heavy (non-hydrogen) atoms. The largest absolute Gasteiger partial charge is 0.143 e. The number of fused-ring (bicyclic) bond motifs is 2. The Bertz CT molecular complexity index is 811. The van der Waals surface area contributed by atoms with Crippen molar-refractivity contribution in [2.45, 2.75) is 12.8 Å². The second kappa shape index (κ2) is 3.99. The lowest BCUT2D eigenvalue weighted by Crippen LogP contribution is -2.10. The van der Waals surface area contributed by atoms with Crippen LogP contribution in [0.25, 0.3) is 21.2 Å². The Balaban J connectivity index is 2.23. The smallest absolute Gasteiger partial charge is 0.0388 e. The lowest BCUT2D eigenvalue weighted by Gasteiger charge is -2.25. The van der Waals surface area contributed by atoms with Crippen LogP contribution < -0.4 is 0 Å². The first kappa shape index (κ1) is 11.3. The molecule has 0 nitrogen and oxygen atoms in total. The molecule has 1 aromatic heterocycles. The number of thiocarbonyl (C=S) groups is 1. The highest BCUT2D eigenvalue weighted by atomic mass is 32.1. The van der Waals surface area contributed by atoms with Gasteiger partial charge in [0.25, 0.3) is 0 Å². The standard InChI is InChI=1S/C17H12S2/c1-10-4-2-5-12-14-9-19-15-7-3-6-11(17(14)15)13(8-18)16(10)12/h2-9,13H,1H3. The van der Waals surface area contributed by atoms with Gasteiger partial charge in [-0.3, -0.25) is 0 Å². The van der Waals surface area contributed by atoms with Gasteiger partial charge < -0.3 is 0 Å². The summed E-state index contributed by atoms with van der Waals surface area (Å²) in [4.78, 5) is 0. The summed E-state index contributed by atoms with van der Waals surface area (Å²) in [5, 5.41) is 5.60. The Labute approximate surface area is 121 Å². The average Bonchev–Trinajstić information content (AvgIpc) is 2.86. The van der Waals surface area contributed by atoms with Crippen molar-refractivity contribution in [2.24, 2.45) is 0 Å². The molecule has 0 saturated carbocycles. The van der Waals surface area contributed by atoms with Crippen LogP contribution in [0.2, 0.25) is 0 Å². The van der Waals surface area contributed by atoms with E-state index in [-0.39, 0.29) is 5.92 Å². The number of hydrogen-bond acceptors (Lipinski definition) is 2. The average molecular weight is 280 g/mol. The molecule has 0 saturated heterocycles. The summed E-state index contributed by atoms with van der Waals surface area (Å²) in [6.45, 7) is 2.18. The molecule has 1 aliphatic carbocycles. The Morgan fingerprint density at radius 2 is 1.95 bits per heavy atom. The van der Waals surface area contributed by atoms with Gasteiger partial charge in [-0.25, -0.2) is 0 Å². The third-order valence-electron chi connectivity index (χ3n) is 4.03. The highest BCUT2D eigenvalue weighted by molar-refractivity contribution is 7.79. The van der Waals surface area contributed by atoms with Crippen LogP contribution in [0, 0.1) is 6.92 Å². The Morgan fingerprint density at radius 3 is 2.79 bits per heavy atom. The first-order valence-corrected chi connectivity index (χ1v) is 7.71. The van der Waals surface area contributed by atoms with E-state index in [4.69, 9.17) is 12.2 Å². The molecular weight excluding hydrogens is 268 g/mol. The zero-order chi connectivity index (χ0) is 13.0. The predicted molar refractivity (Wildman–Crippen MR) is 87.5 cm³/mol. The summed E-state index contributed by atoms with van der Waals surface area (Å²) in [5.41, 5.74) is 6.82. The lowest BCUT2D eigenvalue weighted by atomic mass is 9.78. The van der Waals surface area contributed by atoms with Crippen molar-refractivity contribution in [3.05, 3.63) is 58.5 Å². The molecule has 0 aliphatic heterocycles. The number of rotatable bonds is 1. The second-order valence-electron chi connectivity index (χ2n) is 5.02. The number of hydrogen-bond donors (Lipinski definition) is 0. The number of benzene rings is 2. The van der Waals surface area contributed by atoms with Gasteiger partial charge in [0.2, 0.25) is 0 Å². The van der Waals surface area contributed by atoms with Crippen molar-refractivity contribution in [1.82, 2.24) is 0 Å². The van der Waals surface area contributed by atoms with E-state index in [0.717, 1.165) is 0 Å². The van der Waals surface area contributed by atoms with Crippen LogP contribution in [0.1, 0.15) is 22.6 Å². The zero-order valence-electron chi connectivity index (χ0n) is 10.5. The van der Waals surface area contributed by atoms with Crippen LogP contribution in [0.15, 0.2) is 41.8 Å². The molecule has 4 rings (SSSR count). The summed E-state index contributed by atoms with van der Waals surface area (Å²) in [5.74, 6) is 0.247. The molecule has 1 atom stereocenters. The number of aryl methyl sites for hydroxylation is 1. The summed E-state index contributed by atoms with van der Waals surface area (Å²) in [6, 6.07) is 13.1. The first-order valence-electron chi connectivity index (χ1n) is 6.36. The second-order valence-corrected chi connectivity index (χ2v) is 6.20. The highest BCUT2D eigenvalue weighted by Crippen LogP contribution is 2.48. The molecule has 3 aromatic rings. The SMILES string of the molecule is Cc1cccc2c1C(C=S)c1cccc3scc-2c13. The predicted octanol–water partition coefficient (Wildman–Crippen LogP) is 5.32. The van der Waals surface area contributed by atoms with Gasteiger partial charge in [-0.05, 0) is 46.0 Å². The van der Waals surface area contributed by atoms with Crippen molar-refractivity contribution in [1.29, 1.82) is 0 Å². The zero-order valence-corrected chi connectivity index (χ0v) is 12.1. The third kappa shape index (κ3) is 1.41. The molecule has 1 unspecified atom stereocenters. The van der Waals surface area contributed by atoms with E-state index in [1.54, 1.807) is 0 Å². The maximum atomic E-state index is 5.34. The minimum atomic E-state index is 0.247. The first-order chi connectivity index (χ1) is 9.31. The number of thiophene rings is 1. The molecule has 0 radical (unpaired) electrons. The molecule has 0 spiro atoms. The van der Waals surface area contributed by atoms with Crippen LogP contribution in [-0.2, 0) is 0 Å². The van der Waals surface area contributed by atoms with Crippen molar-refractivity contribution < 1.29 is 0 Å². The summed E-state index contributed by atoms with van der Waals surface area (Å²) in [7, 11) is 0. The molecule has 2 aromatic carbocycles. The molecule has 0 bridgehead atoms. The normalized spacial score (nSPS) is 16.4. The molecule has 1 aliphatic rings. The van der Waals surface area contributed by atoms with Crippen molar-refractivity contribution in [2.75, 3.05) is 0 Å². The molecule has 0 N–H and O–H groups in total. The molecule has 1 heterocycles. The van der Waals surface area contributed by atoms with E-state index in [9.17, 15) is 0 Å². The van der Waals surface area contributed by atoms with E-state index in [1.165, 1.54) is 37.9 Å². The molecule has 0 amide bonds. The fourth-order valence-corrected chi connectivity index (χ4v) is 4.47. The van der Waals surface area contributed by atoms with E-state index < -0.39 is 0 Å².